The molecule has 38 heavy (non-hydrogen) atoms. The molecule has 0 bridgehead atoms. The smallest absolute Gasteiger partial charge is 0.254 e. The normalized spacial score (nSPS) is 11.6. The van der Waals surface area contributed by atoms with Crippen molar-refractivity contribution in [1.82, 2.24) is 14.7 Å². The van der Waals surface area contributed by atoms with Crippen LogP contribution in [0.3, 0.4) is 0 Å². The Labute approximate surface area is 228 Å². The Kier molecular flexibility index (Phi) is 9.53. The number of carbonyl (C=O) groups is 2. The molecule has 0 radical (unpaired) electrons. The molecule has 0 aliphatic carbocycles. The van der Waals surface area contributed by atoms with E-state index in [4.69, 9.17) is 5.10 Å². The molecule has 2 aromatic carbocycles. The van der Waals surface area contributed by atoms with Gasteiger partial charge in [0.25, 0.3) is 5.91 Å². The molecule has 1 heterocycles. The van der Waals surface area contributed by atoms with Crippen LogP contribution in [0.2, 0.25) is 0 Å². The van der Waals surface area contributed by atoms with Gasteiger partial charge in [-0.15, -0.1) is 0 Å². The lowest BCUT2D eigenvalue weighted by Crippen LogP contribution is -2.42. The number of hydrogen-bond donors (Lipinski definition) is 1. The summed E-state index contributed by atoms with van der Waals surface area (Å²) in [5, 5.41) is 7.91. The second-order valence-electron chi connectivity index (χ2n) is 11.5. The van der Waals surface area contributed by atoms with Crippen molar-refractivity contribution in [2.75, 3.05) is 11.9 Å². The fourth-order valence-corrected chi connectivity index (χ4v) is 4.37. The van der Waals surface area contributed by atoms with Gasteiger partial charge < -0.3 is 10.2 Å². The van der Waals surface area contributed by atoms with E-state index >= 15 is 0 Å². The lowest BCUT2D eigenvalue weighted by Gasteiger charge is -2.26. The standard InChI is InChI=1S/C32H44N4O2/c1-9-10-11-14-25-16-18-26(19-17-25)31(38)35(22(2)3)21-30(37)33-29-20-28(32(6,7)8)34-36(29)27-15-12-13-23(4)24(27)5/h12-13,15-20,22H,9-11,14,21H2,1-8H3,(H,33,37). The third-order valence-corrected chi connectivity index (χ3v) is 7.02. The van der Waals surface area contributed by atoms with E-state index in [0.717, 1.165) is 35.3 Å². The van der Waals surface area contributed by atoms with Crippen molar-refractivity contribution in [3.63, 3.8) is 0 Å². The van der Waals surface area contributed by atoms with Crippen LogP contribution in [0, 0.1) is 13.8 Å². The summed E-state index contributed by atoms with van der Waals surface area (Å²) in [5.74, 6) is 0.199. The Bertz CT molecular complexity index is 1250. The van der Waals surface area contributed by atoms with E-state index < -0.39 is 0 Å². The predicted octanol–water partition coefficient (Wildman–Crippen LogP) is 7.01. The van der Waals surface area contributed by atoms with Gasteiger partial charge in [0, 0.05) is 23.1 Å². The number of amides is 2. The summed E-state index contributed by atoms with van der Waals surface area (Å²) in [7, 11) is 0. The minimum absolute atomic E-state index is 0.0441. The van der Waals surface area contributed by atoms with Crippen molar-refractivity contribution in [3.8, 4) is 5.69 Å². The number of unbranched alkanes of at least 4 members (excludes halogenated alkanes) is 2. The maximum atomic E-state index is 13.4. The first-order valence-electron chi connectivity index (χ1n) is 13.8. The van der Waals surface area contributed by atoms with Gasteiger partial charge in [-0.3, -0.25) is 9.59 Å². The Morgan fingerprint density at radius 1 is 1.03 bits per heavy atom. The highest BCUT2D eigenvalue weighted by molar-refractivity contribution is 5.99. The molecule has 0 atom stereocenters. The lowest BCUT2D eigenvalue weighted by molar-refractivity contribution is -0.117. The summed E-state index contributed by atoms with van der Waals surface area (Å²) in [5.41, 5.74) is 5.70. The molecule has 0 aliphatic heterocycles. The van der Waals surface area contributed by atoms with E-state index in [1.807, 2.05) is 56.3 Å². The number of aryl methyl sites for hydroxylation is 2. The van der Waals surface area contributed by atoms with Crippen LogP contribution in [-0.4, -0.2) is 39.1 Å². The Morgan fingerprint density at radius 3 is 2.32 bits per heavy atom. The molecule has 6 nitrogen and oxygen atoms in total. The molecule has 6 heteroatoms. The van der Waals surface area contributed by atoms with Crippen LogP contribution in [0.1, 0.15) is 93.5 Å². The zero-order valence-electron chi connectivity index (χ0n) is 24.4. The molecule has 2 amide bonds. The van der Waals surface area contributed by atoms with Crippen molar-refractivity contribution < 1.29 is 9.59 Å². The van der Waals surface area contributed by atoms with E-state index in [1.54, 1.807) is 9.58 Å². The van der Waals surface area contributed by atoms with Gasteiger partial charge in [0.2, 0.25) is 5.91 Å². The van der Waals surface area contributed by atoms with Crippen LogP contribution in [0.15, 0.2) is 48.5 Å². The Hall–Kier alpha value is -3.41. The highest BCUT2D eigenvalue weighted by Crippen LogP contribution is 2.28. The third kappa shape index (κ3) is 7.12. The summed E-state index contributed by atoms with van der Waals surface area (Å²) < 4.78 is 1.81. The molecular formula is C32H44N4O2. The number of anilines is 1. The first-order chi connectivity index (χ1) is 17.9. The van der Waals surface area contributed by atoms with Crippen molar-refractivity contribution >= 4 is 17.6 Å². The van der Waals surface area contributed by atoms with Gasteiger partial charge in [0.05, 0.1) is 11.4 Å². The van der Waals surface area contributed by atoms with Gasteiger partial charge in [-0.05, 0) is 75.4 Å². The summed E-state index contributed by atoms with van der Waals surface area (Å²) >= 11 is 0. The van der Waals surface area contributed by atoms with Crippen molar-refractivity contribution in [3.05, 3.63) is 76.5 Å². The van der Waals surface area contributed by atoms with Gasteiger partial charge in [-0.1, -0.05) is 64.8 Å². The largest absolute Gasteiger partial charge is 0.327 e. The molecule has 0 unspecified atom stereocenters. The van der Waals surface area contributed by atoms with Crippen LogP contribution < -0.4 is 5.32 Å². The average molecular weight is 517 g/mol. The topological polar surface area (TPSA) is 67.2 Å². The zero-order valence-corrected chi connectivity index (χ0v) is 24.4. The summed E-state index contributed by atoms with van der Waals surface area (Å²) in [4.78, 5) is 28.3. The molecular weight excluding hydrogens is 472 g/mol. The second-order valence-corrected chi connectivity index (χ2v) is 11.5. The van der Waals surface area contributed by atoms with Crippen molar-refractivity contribution in [1.29, 1.82) is 0 Å². The number of carbonyl (C=O) groups excluding carboxylic acids is 2. The predicted molar refractivity (Wildman–Crippen MR) is 156 cm³/mol. The highest BCUT2D eigenvalue weighted by atomic mass is 16.2. The minimum Gasteiger partial charge on any atom is -0.327 e. The fourth-order valence-electron chi connectivity index (χ4n) is 4.37. The minimum atomic E-state index is -0.254. The summed E-state index contributed by atoms with van der Waals surface area (Å²) in [6.07, 6.45) is 4.56. The van der Waals surface area contributed by atoms with Crippen LogP contribution in [-0.2, 0) is 16.6 Å². The van der Waals surface area contributed by atoms with Gasteiger partial charge in [-0.25, -0.2) is 4.68 Å². The van der Waals surface area contributed by atoms with Crippen LogP contribution in [0.4, 0.5) is 5.82 Å². The quantitative estimate of drug-likeness (QED) is 0.295. The average Bonchev–Trinajstić information content (AvgIpc) is 3.28. The third-order valence-electron chi connectivity index (χ3n) is 7.02. The molecule has 0 saturated carbocycles. The summed E-state index contributed by atoms with van der Waals surface area (Å²) in [6, 6.07) is 15.7. The highest BCUT2D eigenvalue weighted by Gasteiger charge is 2.25. The second kappa shape index (κ2) is 12.4. The van der Waals surface area contributed by atoms with Gasteiger partial charge in [0.15, 0.2) is 0 Å². The van der Waals surface area contributed by atoms with Crippen molar-refractivity contribution in [2.45, 2.75) is 92.5 Å². The van der Waals surface area contributed by atoms with Crippen LogP contribution >= 0.6 is 0 Å². The van der Waals surface area contributed by atoms with Gasteiger partial charge in [-0.2, -0.15) is 5.10 Å². The Balaban J connectivity index is 1.82. The molecule has 3 rings (SSSR count). The summed E-state index contributed by atoms with van der Waals surface area (Å²) in [6.45, 7) is 16.4. The SMILES string of the molecule is CCCCCc1ccc(C(=O)N(CC(=O)Nc2cc(C(C)(C)C)nn2-c2cccc(C)c2C)C(C)C)cc1. The van der Waals surface area contributed by atoms with Crippen molar-refractivity contribution in [2.24, 2.45) is 0 Å². The van der Waals surface area contributed by atoms with Crippen LogP contribution in [0.25, 0.3) is 5.69 Å². The molecule has 0 spiro atoms. The van der Waals surface area contributed by atoms with Gasteiger partial charge >= 0.3 is 0 Å². The van der Waals surface area contributed by atoms with E-state index in [-0.39, 0.29) is 29.8 Å². The molecule has 1 aromatic heterocycles. The first kappa shape index (κ1) is 29.2. The number of hydrogen-bond acceptors (Lipinski definition) is 3. The van der Waals surface area contributed by atoms with E-state index in [1.165, 1.54) is 18.4 Å². The lowest BCUT2D eigenvalue weighted by atomic mass is 9.92. The molecule has 3 aromatic rings. The van der Waals surface area contributed by atoms with Gasteiger partial charge in [0.1, 0.15) is 12.4 Å². The molecule has 1 N–H and O–H groups in total. The number of nitrogens with one attached hydrogen (secondary N) is 1. The maximum absolute atomic E-state index is 13.4. The number of aromatic nitrogens is 2. The monoisotopic (exact) mass is 516 g/mol. The first-order valence-corrected chi connectivity index (χ1v) is 13.8. The molecule has 0 aliphatic rings. The van der Waals surface area contributed by atoms with Crippen LogP contribution in [0.5, 0.6) is 0 Å². The number of nitrogens with zero attached hydrogens (tertiary/aromatic N) is 3. The zero-order chi connectivity index (χ0) is 28.0. The molecule has 204 valence electrons. The number of benzene rings is 2. The van der Waals surface area contributed by atoms with E-state index in [2.05, 4.69) is 52.9 Å². The van der Waals surface area contributed by atoms with E-state index in [9.17, 15) is 9.59 Å². The fraction of sp³-hybridized carbons (Fsp3) is 0.469. The molecule has 0 saturated heterocycles. The Morgan fingerprint density at radius 2 is 1.71 bits per heavy atom. The molecule has 0 fully saturated rings. The van der Waals surface area contributed by atoms with E-state index in [0.29, 0.717) is 11.4 Å². The maximum Gasteiger partial charge on any atom is 0.254 e. The number of rotatable bonds is 10.